The van der Waals surface area contributed by atoms with Crippen LogP contribution in [0.15, 0.2) is 29.2 Å². The van der Waals surface area contributed by atoms with Crippen LogP contribution < -0.4 is 0 Å². The third-order valence-corrected chi connectivity index (χ3v) is 7.49. The molecule has 1 amide bonds. The van der Waals surface area contributed by atoms with Crippen molar-refractivity contribution >= 4 is 44.5 Å². The van der Waals surface area contributed by atoms with Gasteiger partial charge in [-0.3, -0.25) is 14.5 Å². The minimum atomic E-state index is -3.97. The molecule has 1 aromatic rings. The second kappa shape index (κ2) is 9.03. The Morgan fingerprint density at radius 2 is 1.75 bits per heavy atom. The Morgan fingerprint density at radius 3 is 2.36 bits per heavy atom. The van der Waals surface area contributed by atoms with Gasteiger partial charge in [0.25, 0.3) is 0 Å². The predicted molar refractivity (Wildman–Crippen MR) is 108 cm³/mol. The van der Waals surface area contributed by atoms with Crippen molar-refractivity contribution in [1.82, 2.24) is 14.1 Å². The van der Waals surface area contributed by atoms with Crippen molar-refractivity contribution in [2.75, 3.05) is 52.5 Å². The summed E-state index contributed by atoms with van der Waals surface area (Å²) < 4.78 is 33.0. The molecular formula is C17H22IN3O6S. The molecule has 1 aromatic carbocycles. The lowest BCUT2D eigenvalue weighted by Crippen LogP contribution is -2.60. The van der Waals surface area contributed by atoms with Crippen LogP contribution in [0.5, 0.6) is 0 Å². The molecule has 2 heterocycles. The minimum Gasteiger partial charge on any atom is -0.480 e. The van der Waals surface area contributed by atoms with Gasteiger partial charge in [0.15, 0.2) is 0 Å². The number of amides is 1. The number of carboxylic acids is 1. The number of nitrogens with zero attached hydrogens (tertiary/aromatic N) is 3. The van der Waals surface area contributed by atoms with Gasteiger partial charge in [-0.2, -0.15) is 4.31 Å². The normalized spacial score (nSPS) is 22.2. The fraction of sp³-hybridized carbons (Fsp3) is 0.529. The first-order valence-corrected chi connectivity index (χ1v) is 11.4. The van der Waals surface area contributed by atoms with Crippen molar-refractivity contribution in [3.63, 3.8) is 0 Å². The zero-order valence-electron chi connectivity index (χ0n) is 15.2. The van der Waals surface area contributed by atoms with Gasteiger partial charge in [-0.25, -0.2) is 8.42 Å². The number of carbonyl (C=O) groups excluding carboxylic acids is 1. The number of hydrogen-bond acceptors (Lipinski definition) is 6. The number of rotatable bonds is 5. The summed E-state index contributed by atoms with van der Waals surface area (Å²) in [6.45, 7) is 2.54. The Bertz CT molecular complexity index is 826. The van der Waals surface area contributed by atoms with Gasteiger partial charge < -0.3 is 14.7 Å². The summed E-state index contributed by atoms with van der Waals surface area (Å²) in [5.41, 5.74) is 0. The molecule has 2 aliphatic heterocycles. The molecule has 1 unspecified atom stereocenters. The predicted octanol–water partition coefficient (Wildman–Crippen LogP) is -0.0905. The van der Waals surface area contributed by atoms with E-state index in [-0.39, 0.29) is 37.0 Å². The van der Waals surface area contributed by atoms with Gasteiger partial charge in [-0.15, -0.1) is 0 Å². The number of morpholine rings is 1. The molecular weight excluding hydrogens is 501 g/mol. The van der Waals surface area contributed by atoms with E-state index in [0.717, 1.165) is 7.88 Å². The van der Waals surface area contributed by atoms with Crippen LogP contribution in [-0.4, -0.2) is 98.0 Å². The molecule has 9 nitrogen and oxygen atoms in total. The zero-order chi connectivity index (χ0) is 20.3. The standard InChI is InChI=1S/C17H22IN3O6S/c18-13-1-3-14(4-2-13)28(25,26)21-6-5-20(11-15(21)17(23)24)16(22)12-19-7-9-27-10-8-19/h1-4,15H,5-12H2,(H,23,24). The Hall–Kier alpha value is -1.28. The minimum absolute atomic E-state index is 0.0484. The van der Waals surface area contributed by atoms with Crippen LogP contribution in [0.1, 0.15) is 0 Å². The molecule has 154 valence electrons. The van der Waals surface area contributed by atoms with Crippen molar-refractivity contribution in [3.8, 4) is 0 Å². The lowest BCUT2D eigenvalue weighted by atomic mass is 10.2. The molecule has 28 heavy (non-hydrogen) atoms. The second-order valence-electron chi connectivity index (χ2n) is 6.65. The van der Waals surface area contributed by atoms with E-state index in [2.05, 4.69) is 22.6 Å². The molecule has 0 radical (unpaired) electrons. The van der Waals surface area contributed by atoms with Gasteiger partial charge in [-0.1, -0.05) is 0 Å². The van der Waals surface area contributed by atoms with Crippen LogP contribution in [0.2, 0.25) is 0 Å². The number of halogens is 1. The molecule has 2 fully saturated rings. The summed E-state index contributed by atoms with van der Waals surface area (Å²) in [5.74, 6) is -1.46. The van der Waals surface area contributed by atoms with Crippen LogP contribution in [-0.2, 0) is 24.3 Å². The number of sulfonamides is 1. The summed E-state index contributed by atoms with van der Waals surface area (Å²) >= 11 is 2.07. The van der Waals surface area contributed by atoms with Crippen LogP contribution in [0.25, 0.3) is 0 Å². The smallest absolute Gasteiger partial charge is 0.323 e. The maximum Gasteiger partial charge on any atom is 0.323 e. The Labute approximate surface area is 177 Å². The number of ether oxygens (including phenoxy) is 1. The van der Waals surface area contributed by atoms with Gasteiger partial charge in [-0.05, 0) is 46.9 Å². The highest BCUT2D eigenvalue weighted by Gasteiger charge is 2.41. The summed E-state index contributed by atoms with van der Waals surface area (Å²) in [6.07, 6.45) is 0. The zero-order valence-corrected chi connectivity index (χ0v) is 18.1. The molecule has 0 aromatic heterocycles. The highest BCUT2D eigenvalue weighted by Crippen LogP contribution is 2.23. The van der Waals surface area contributed by atoms with Crippen molar-refractivity contribution in [2.24, 2.45) is 0 Å². The summed E-state index contributed by atoms with van der Waals surface area (Å²) in [6, 6.07) is 4.93. The van der Waals surface area contributed by atoms with Crippen LogP contribution >= 0.6 is 22.6 Å². The van der Waals surface area contributed by atoms with Crippen LogP contribution in [0.4, 0.5) is 0 Å². The average Bonchev–Trinajstić information content (AvgIpc) is 2.68. The summed E-state index contributed by atoms with van der Waals surface area (Å²) in [7, 11) is -3.97. The first-order valence-electron chi connectivity index (χ1n) is 8.87. The number of carboxylic acid groups (broad SMARTS) is 1. The van der Waals surface area contributed by atoms with E-state index in [1.807, 2.05) is 4.90 Å². The highest BCUT2D eigenvalue weighted by atomic mass is 127. The van der Waals surface area contributed by atoms with E-state index in [1.54, 1.807) is 12.1 Å². The molecule has 0 saturated carbocycles. The summed E-state index contributed by atoms with van der Waals surface area (Å²) in [4.78, 5) is 27.8. The molecule has 3 rings (SSSR count). The van der Waals surface area contributed by atoms with E-state index in [1.165, 1.54) is 17.0 Å². The first kappa shape index (κ1) is 21.4. The Morgan fingerprint density at radius 1 is 1.11 bits per heavy atom. The van der Waals surface area contributed by atoms with E-state index >= 15 is 0 Å². The molecule has 0 bridgehead atoms. The number of carbonyl (C=O) groups is 2. The monoisotopic (exact) mass is 523 g/mol. The first-order chi connectivity index (χ1) is 13.3. The molecule has 11 heteroatoms. The summed E-state index contributed by atoms with van der Waals surface area (Å²) in [5, 5.41) is 9.61. The van der Waals surface area contributed by atoms with Crippen molar-refractivity contribution < 1.29 is 27.9 Å². The van der Waals surface area contributed by atoms with Gasteiger partial charge in [0, 0.05) is 36.3 Å². The van der Waals surface area contributed by atoms with Gasteiger partial charge in [0.05, 0.1) is 24.7 Å². The number of piperazine rings is 1. The third-order valence-electron chi connectivity index (χ3n) is 4.85. The second-order valence-corrected chi connectivity index (χ2v) is 9.79. The van der Waals surface area contributed by atoms with Gasteiger partial charge in [0.1, 0.15) is 6.04 Å². The quantitative estimate of drug-likeness (QED) is 0.538. The van der Waals surface area contributed by atoms with Crippen LogP contribution in [0, 0.1) is 3.57 Å². The fourth-order valence-corrected chi connectivity index (χ4v) is 5.20. The van der Waals surface area contributed by atoms with E-state index < -0.39 is 22.0 Å². The molecule has 1 N–H and O–H groups in total. The highest BCUT2D eigenvalue weighted by molar-refractivity contribution is 14.1. The molecule has 0 aliphatic carbocycles. The lowest BCUT2D eigenvalue weighted by Gasteiger charge is -2.39. The topological polar surface area (TPSA) is 107 Å². The fourth-order valence-electron chi connectivity index (χ4n) is 3.27. The van der Waals surface area contributed by atoms with Crippen molar-refractivity contribution in [1.29, 1.82) is 0 Å². The van der Waals surface area contributed by atoms with Crippen molar-refractivity contribution in [3.05, 3.63) is 27.8 Å². The van der Waals surface area contributed by atoms with E-state index in [9.17, 15) is 23.1 Å². The third kappa shape index (κ3) is 4.82. The Kier molecular flexibility index (Phi) is 6.91. The Balaban J connectivity index is 1.72. The molecule has 2 saturated heterocycles. The van der Waals surface area contributed by atoms with Crippen LogP contribution in [0.3, 0.4) is 0 Å². The van der Waals surface area contributed by atoms with E-state index in [0.29, 0.717) is 26.3 Å². The lowest BCUT2D eigenvalue weighted by molar-refractivity contribution is -0.146. The number of benzene rings is 1. The largest absolute Gasteiger partial charge is 0.480 e. The maximum absolute atomic E-state index is 12.9. The number of hydrogen-bond donors (Lipinski definition) is 1. The van der Waals surface area contributed by atoms with Crippen molar-refractivity contribution in [2.45, 2.75) is 10.9 Å². The molecule has 0 spiro atoms. The number of aliphatic carboxylic acids is 1. The SMILES string of the molecule is O=C(O)C1CN(C(=O)CN2CCOCC2)CCN1S(=O)(=O)c1ccc(I)cc1. The molecule has 2 aliphatic rings. The van der Waals surface area contributed by atoms with Gasteiger partial charge in [0.2, 0.25) is 15.9 Å². The maximum atomic E-state index is 12.9. The molecule has 1 atom stereocenters. The van der Waals surface area contributed by atoms with Gasteiger partial charge >= 0.3 is 5.97 Å². The average molecular weight is 523 g/mol. The van der Waals surface area contributed by atoms with E-state index in [4.69, 9.17) is 4.74 Å².